The van der Waals surface area contributed by atoms with Gasteiger partial charge in [0.15, 0.2) is 0 Å². The van der Waals surface area contributed by atoms with E-state index < -0.39 is 75.6 Å². The molecule has 0 saturated carbocycles. The van der Waals surface area contributed by atoms with Gasteiger partial charge in [-0.15, -0.1) is 30.8 Å². The van der Waals surface area contributed by atoms with Crippen LogP contribution >= 0.6 is 0 Å². The Bertz CT molecular complexity index is 7350. The number of nitrogens with one attached hydrogen (secondary N) is 6. The summed E-state index contributed by atoms with van der Waals surface area (Å²) in [6.45, 7) is 13.4. The number of hydrogen-bond acceptors (Lipinski definition) is 35. The van der Waals surface area contributed by atoms with E-state index in [2.05, 4.69) is 67.7 Å². The number of Topliss-reactive ketones (excluding diaryl/α,β-unsaturated/α-hetero) is 1. The maximum Gasteiger partial charge on any atom is 0.259 e. The molecule has 7 aromatic carbocycles. The summed E-state index contributed by atoms with van der Waals surface area (Å²) >= 11 is 0. The minimum Gasteiger partial charge on any atom is -0.493 e. The van der Waals surface area contributed by atoms with Gasteiger partial charge >= 0.3 is 0 Å². The highest BCUT2D eigenvalue weighted by molar-refractivity contribution is 7.91. The molecule has 54 heteroatoms. The predicted octanol–water partition coefficient (Wildman–Crippen LogP) is 3.37. The number of amidine groups is 7. The van der Waals surface area contributed by atoms with Crippen LogP contribution in [0.15, 0.2) is 195 Å². The number of rotatable bonds is 32. The van der Waals surface area contributed by atoms with Gasteiger partial charge in [-0.1, -0.05) is 97.9 Å². The molecule has 1 aromatic heterocycles. The number of ether oxygens (including phenoxy) is 5. The van der Waals surface area contributed by atoms with Crippen molar-refractivity contribution in [2.24, 2.45) is 76.3 Å². The Balaban J connectivity index is 0.000000193. The number of fused-ring (bicyclic) bond motifs is 7. The highest BCUT2D eigenvalue weighted by atomic mass is 32.2. The fraction of sp³-hybridized carbons (Fsp3) is 0.347. The quantitative estimate of drug-likeness (QED) is 0.0212. The van der Waals surface area contributed by atoms with Crippen LogP contribution in [0.5, 0.6) is 28.7 Å². The molecule has 802 valence electrons. The number of amides is 5. The summed E-state index contributed by atoms with van der Waals surface area (Å²) in [5, 5.41) is 16.6. The van der Waals surface area contributed by atoms with Crippen LogP contribution in [0.2, 0.25) is 0 Å². The Labute approximate surface area is 864 Å². The number of sulfonamides is 7. The van der Waals surface area contributed by atoms with Crippen molar-refractivity contribution in [1.82, 2.24) is 31.2 Å². The van der Waals surface area contributed by atoms with Crippen LogP contribution < -0.4 is 95.7 Å². The third kappa shape index (κ3) is 35.9. The third-order valence-corrected chi connectivity index (χ3v) is 29.5. The van der Waals surface area contributed by atoms with Crippen LogP contribution in [0.25, 0.3) is 0 Å². The molecule has 20 N–H and O–H groups in total. The van der Waals surface area contributed by atoms with Gasteiger partial charge in [0.25, 0.3) is 70.2 Å². The number of pyridine rings is 1. The zero-order valence-corrected chi connectivity index (χ0v) is 88.7. The average molecular weight is 2190 g/mol. The summed E-state index contributed by atoms with van der Waals surface area (Å²) in [6.07, 6.45) is 9.28. The van der Waals surface area contributed by atoms with Crippen molar-refractivity contribution in [2.75, 3.05) is 97.5 Å². The molecule has 0 unspecified atom stereocenters. The van der Waals surface area contributed by atoms with Crippen LogP contribution in [0.3, 0.4) is 0 Å². The van der Waals surface area contributed by atoms with E-state index in [9.17, 15) is 87.7 Å². The van der Waals surface area contributed by atoms with Crippen molar-refractivity contribution in [3.05, 3.63) is 248 Å². The largest absolute Gasteiger partial charge is 0.493 e. The van der Waals surface area contributed by atoms with E-state index in [-0.39, 0.29) is 143 Å². The summed E-state index contributed by atoms with van der Waals surface area (Å²) < 4.78 is 215. The summed E-state index contributed by atoms with van der Waals surface area (Å²) in [5.74, 6) is 0.353. The first-order valence-electron chi connectivity index (χ1n) is 45.9. The molecule has 0 saturated heterocycles. The minimum absolute atomic E-state index is 0.00567. The number of aromatic nitrogens is 1. The molecule has 0 spiro atoms. The van der Waals surface area contributed by atoms with Gasteiger partial charge in [0, 0.05) is 102 Å². The molecule has 8 aromatic rings. The normalized spacial score (nSPS) is 15.9. The molecule has 5 amide bonds. The molecule has 15 rings (SSSR count). The number of ketones is 1. The van der Waals surface area contributed by atoms with E-state index in [4.69, 9.17) is 63.8 Å². The Morgan fingerprint density at radius 1 is 0.389 bits per heavy atom. The minimum atomic E-state index is -3.58. The summed E-state index contributed by atoms with van der Waals surface area (Å²) in [4.78, 5) is 72.8. The predicted molar refractivity (Wildman–Crippen MR) is 566 cm³/mol. The molecule has 0 aliphatic carbocycles. The van der Waals surface area contributed by atoms with E-state index in [1.807, 2.05) is 25.1 Å². The fourth-order valence-corrected chi connectivity index (χ4v) is 22.5. The van der Waals surface area contributed by atoms with Gasteiger partial charge in [-0.05, 0) is 152 Å². The van der Waals surface area contributed by atoms with E-state index in [0.29, 0.717) is 164 Å². The Kier molecular flexibility index (Phi) is 41.4. The van der Waals surface area contributed by atoms with E-state index in [0.717, 1.165) is 37.8 Å². The van der Waals surface area contributed by atoms with Crippen LogP contribution in [-0.2, 0) is 146 Å². The molecule has 7 aliphatic rings. The number of benzene rings is 7. The van der Waals surface area contributed by atoms with E-state index >= 15 is 0 Å². The lowest BCUT2D eigenvalue weighted by molar-refractivity contribution is -0.130. The molecular weight excluding hydrogens is 2070 g/mol. The van der Waals surface area contributed by atoms with Crippen LogP contribution in [0.4, 0.5) is 11.4 Å². The number of nitrogens with two attached hydrogens (primary N) is 7. The molecule has 0 fully saturated rings. The molecule has 0 atom stereocenters. The zero-order chi connectivity index (χ0) is 110. The first kappa shape index (κ1) is 118. The summed E-state index contributed by atoms with van der Waals surface area (Å²) in [6, 6.07) is 41.8. The van der Waals surface area contributed by atoms with Gasteiger partial charge < -0.3 is 105 Å². The number of hydrogen-bond donors (Lipinski definition) is 13. The second kappa shape index (κ2) is 52.5. The van der Waals surface area contributed by atoms with Crippen LogP contribution in [-0.4, -0.2) is 232 Å². The number of likely N-dealkylation sites (N-methyl/N-ethyl adjacent to an activating group) is 1. The molecule has 8 heterocycles. The Morgan fingerprint density at radius 2 is 0.732 bits per heavy atom. The molecule has 0 bridgehead atoms. The lowest BCUT2D eigenvalue weighted by Gasteiger charge is -2.24. The molecule has 7 aliphatic heterocycles. The lowest BCUT2D eigenvalue weighted by Crippen LogP contribution is -2.39. The molecule has 149 heavy (non-hydrogen) atoms. The monoisotopic (exact) mass is 2190 g/mol. The van der Waals surface area contributed by atoms with Gasteiger partial charge in [0.05, 0.1) is 99.8 Å². The Morgan fingerprint density at radius 3 is 1.09 bits per heavy atom. The zero-order valence-electron chi connectivity index (χ0n) is 83.0. The second-order valence-corrected chi connectivity index (χ2v) is 45.9. The van der Waals surface area contributed by atoms with Crippen LogP contribution in [0.1, 0.15) is 157 Å². The first-order valence-corrected chi connectivity index (χ1v) is 57.2. The average Bonchev–Trinajstić information content (AvgIpc) is 0.822. The number of nitrogens with zero attached hydrogens (tertiary/aromatic N) is 9. The standard InChI is InChI=1S/C16H17N3O3S.C15H19N3O4S.C14H19N3O4S.C14H18N2O4S.2C12H16N4O3S.C12H15N3O4S/c17-16-15-12(11-23(20,21)19-16)5-3-8-14(15)22-10-4-7-13-6-1-2-9-18-13;1-2-8-17-13(19)7-4-9-22-12-6-3-5-11-10-23(20,21)18-15(16)14(11)12;1-14(2,13(18)16-3)8-21-10-6-4-5-9-7-22(19,20)17-12(15)11(9)10;1-10(17)5-2-3-8-20-12-7-4-6-11-9-21(18,19)16-14(15)13(11)12;1-16(2)10(17)6-14-9-5-3-4-8-7-20(18,19)15-12(13)11(8)9;1-8(17)14-5-6-15-10-4-2-3-9-7-20(18,19)16-12(13)11(9)10;1-8(16)14-5-6-19-10-4-2-3-9-7-20(17,18)15-12(13)11(9)10/h1-3,5-6,8-9H,4,7,10-11H2,(H2,17,19);3-7H,2,8-10H2,1H3,(H2,16,18)(H,17,19);4-6H,7-8H2,1-3H3,(H2,15,17)(H,16,18);4,6-7H,2-3,5,8-9H2,1H3,(H2,15,16);3-5,14H,6-7H2,1-2H3,(H2,13,15);2-4,15H,5-7H2,1H3,(H2,13,16)(H,14,17);2-4H,5-7H2,1H3,(H2,13,15)(H,14,16)/b;7-4+;;;;;. The number of carbonyl (C=O) groups excluding carboxylic acids is 6. The van der Waals surface area contributed by atoms with Gasteiger partial charge in [-0.2, -0.15) is 0 Å². The maximum absolute atomic E-state index is 11.8. The second-order valence-electron chi connectivity index (χ2n) is 34.5. The lowest BCUT2D eigenvalue weighted by atomic mass is 9.93. The topological polar surface area (TPSA) is 745 Å². The van der Waals surface area contributed by atoms with Gasteiger partial charge in [0.1, 0.15) is 95.2 Å². The maximum atomic E-state index is 11.8. The molecule has 0 radical (unpaired) electrons. The van der Waals surface area contributed by atoms with Gasteiger partial charge in [-0.3, -0.25) is 29.0 Å². The van der Waals surface area contributed by atoms with Crippen molar-refractivity contribution < 1.29 is 111 Å². The summed E-state index contributed by atoms with van der Waals surface area (Å²) in [7, 11) is -19.9. The molecular formula is C95H120N22O25S7. The van der Waals surface area contributed by atoms with Crippen molar-refractivity contribution in [3.63, 3.8) is 0 Å². The fourth-order valence-electron chi connectivity index (χ4n) is 14.9. The number of aryl methyl sites for hydroxylation is 1. The summed E-state index contributed by atoms with van der Waals surface area (Å²) in [5.41, 5.74) is 49.7. The van der Waals surface area contributed by atoms with Crippen LogP contribution in [0, 0.1) is 5.41 Å². The third-order valence-electron chi connectivity index (χ3n) is 21.5. The van der Waals surface area contributed by atoms with Gasteiger partial charge in [-0.25, -0.2) is 58.9 Å². The first-order chi connectivity index (χ1) is 70.1. The van der Waals surface area contributed by atoms with Crippen molar-refractivity contribution >= 4 is 158 Å². The smallest absolute Gasteiger partial charge is 0.259 e. The highest BCUT2D eigenvalue weighted by Crippen LogP contribution is 2.36. The highest BCUT2D eigenvalue weighted by Gasteiger charge is 2.35. The van der Waals surface area contributed by atoms with Crippen molar-refractivity contribution in [1.29, 1.82) is 0 Å². The number of unbranched alkanes of at least 4 members (excludes halogenated alkanes) is 1. The van der Waals surface area contributed by atoms with Gasteiger partial charge in [0.2, 0.25) is 29.5 Å². The molecule has 47 nitrogen and oxygen atoms in total. The van der Waals surface area contributed by atoms with Crippen molar-refractivity contribution in [3.8, 4) is 28.7 Å². The van der Waals surface area contributed by atoms with E-state index in [1.54, 1.807) is 182 Å². The Hall–Kier alpha value is -15.0. The van der Waals surface area contributed by atoms with E-state index in [1.165, 1.54) is 24.8 Å². The number of carbonyl (C=O) groups is 6. The van der Waals surface area contributed by atoms with Crippen molar-refractivity contribution in [2.45, 2.75) is 120 Å². The number of anilines is 2. The SMILES string of the molecule is CC(=O)CCCCOc1cccc2c1C(N)=NS(=O)(=O)C2.CC(=O)NCCNc1cccc2c1C(N)=NS(=O)(=O)C2.CC(=O)NCCOc1cccc2c1C(N)=NS(=O)(=O)C2.CCCNC(=O)/C=C/COc1cccc2c1C(N)=NS(=O)(=O)C2.CN(C)C(=O)CNc1cccc2c1C(N)=NS(=O)(=O)C2.CNC(=O)C(C)(C)COc1cccc2c1C(N)=NS(=O)(=O)C2.NC1=NS(=O)(=O)Cc2cccc(OCCCc3ccccn3)c21.